The van der Waals surface area contributed by atoms with Crippen molar-refractivity contribution in [1.82, 2.24) is 0 Å². The third-order valence-corrected chi connectivity index (χ3v) is 7.02. The Kier molecular flexibility index (Phi) is 8.53. The Morgan fingerprint density at radius 3 is 1.71 bits per heavy atom. The number of benzene rings is 3. The molecule has 4 N–H and O–H groups in total. The molecule has 0 aromatic heterocycles. The van der Waals surface area contributed by atoms with Gasteiger partial charge in [0.25, 0.3) is 0 Å². The molecular formula is C32H44N2O. The van der Waals surface area contributed by atoms with Crippen LogP contribution in [0.15, 0.2) is 48.5 Å². The molecule has 0 spiro atoms. The Labute approximate surface area is 212 Å². The number of aromatic hydroxyl groups is 1. The summed E-state index contributed by atoms with van der Waals surface area (Å²) >= 11 is 0. The summed E-state index contributed by atoms with van der Waals surface area (Å²) in [4.78, 5) is 0. The maximum atomic E-state index is 9.66. The molecule has 3 aromatic carbocycles. The first-order chi connectivity index (χ1) is 16.5. The minimum atomic E-state index is 0.142. The fourth-order valence-corrected chi connectivity index (χ4v) is 4.93. The molecule has 0 amide bonds. The first-order valence-corrected chi connectivity index (χ1v) is 13.1. The van der Waals surface area contributed by atoms with E-state index in [-0.39, 0.29) is 6.04 Å². The fourth-order valence-electron chi connectivity index (χ4n) is 4.93. The number of nitrogens with one attached hydrogen (secondary N) is 1. The first-order valence-electron chi connectivity index (χ1n) is 13.1. The number of rotatable bonds is 9. The van der Waals surface area contributed by atoms with E-state index in [1.807, 2.05) is 12.1 Å². The third-order valence-electron chi connectivity index (χ3n) is 7.02. The quantitative estimate of drug-likeness (QED) is 0.273. The van der Waals surface area contributed by atoms with Gasteiger partial charge in [0.15, 0.2) is 0 Å². The van der Waals surface area contributed by atoms with Crippen LogP contribution >= 0.6 is 0 Å². The summed E-state index contributed by atoms with van der Waals surface area (Å²) in [7, 11) is 0. The molecule has 0 saturated heterocycles. The van der Waals surface area contributed by atoms with Crippen molar-refractivity contribution in [2.45, 2.75) is 92.0 Å². The molecule has 0 radical (unpaired) electrons. The molecule has 0 fully saturated rings. The van der Waals surface area contributed by atoms with Gasteiger partial charge in [-0.25, -0.2) is 0 Å². The van der Waals surface area contributed by atoms with Crippen molar-refractivity contribution in [3.05, 3.63) is 87.5 Å². The zero-order valence-electron chi connectivity index (χ0n) is 22.9. The van der Waals surface area contributed by atoms with E-state index in [1.165, 1.54) is 39.1 Å². The monoisotopic (exact) mass is 472 g/mol. The Hall–Kier alpha value is -2.94. The van der Waals surface area contributed by atoms with Crippen LogP contribution in [0.2, 0.25) is 0 Å². The lowest BCUT2D eigenvalue weighted by atomic mass is 9.87. The molecular weight excluding hydrogens is 428 g/mol. The van der Waals surface area contributed by atoms with Crippen molar-refractivity contribution in [3.63, 3.8) is 0 Å². The number of hydrogen-bond acceptors (Lipinski definition) is 3. The third kappa shape index (κ3) is 6.20. The number of phenols is 1. The van der Waals surface area contributed by atoms with Crippen molar-refractivity contribution in [1.29, 1.82) is 0 Å². The average Bonchev–Trinajstić information content (AvgIpc) is 2.80. The largest absolute Gasteiger partial charge is 0.508 e. The zero-order valence-corrected chi connectivity index (χ0v) is 22.9. The normalized spacial score (nSPS) is 12.5. The molecule has 0 aliphatic rings. The van der Waals surface area contributed by atoms with Gasteiger partial charge in [-0.1, -0.05) is 84.9 Å². The lowest BCUT2D eigenvalue weighted by Gasteiger charge is -2.25. The van der Waals surface area contributed by atoms with Gasteiger partial charge in [0, 0.05) is 17.4 Å². The SMILES string of the molecule is CCc1cc(Cc2cc(C(C)C)c(N)c(C(C)C)c2)cc(C(C)C)c1NC(C)c1ccc(O)cc1. The highest BCUT2D eigenvalue weighted by Gasteiger charge is 2.18. The van der Waals surface area contributed by atoms with Crippen molar-refractivity contribution in [2.75, 3.05) is 11.1 Å². The van der Waals surface area contributed by atoms with Crippen molar-refractivity contribution < 1.29 is 5.11 Å². The van der Waals surface area contributed by atoms with Gasteiger partial charge < -0.3 is 16.2 Å². The lowest BCUT2D eigenvalue weighted by molar-refractivity contribution is 0.475. The molecule has 0 saturated carbocycles. The number of nitrogens with two attached hydrogens (primary N) is 1. The van der Waals surface area contributed by atoms with Crippen LogP contribution < -0.4 is 11.1 Å². The van der Waals surface area contributed by atoms with Gasteiger partial charge in [0.2, 0.25) is 0 Å². The van der Waals surface area contributed by atoms with E-state index in [9.17, 15) is 5.11 Å². The summed E-state index contributed by atoms with van der Waals surface area (Å²) in [5, 5.41) is 13.5. The Morgan fingerprint density at radius 2 is 1.23 bits per heavy atom. The van der Waals surface area contributed by atoms with Crippen LogP contribution in [-0.4, -0.2) is 5.11 Å². The smallest absolute Gasteiger partial charge is 0.115 e. The summed E-state index contributed by atoms with van der Waals surface area (Å²) in [5.41, 5.74) is 17.8. The minimum absolute atomic E-state index is 0.142. The summed E-state index contributed by atoms with van der Waals surface area (Å²) in [6.07, 6.45) is 1.87. The van der Waals surface area contributed by atoms with E-state index < -0.39 is 0 Å². The molecule has 3 nitrogen and oxygen atoms in total. The molecule has 3 heteroatoms. The standard InChI is InChI=1S/C32H44N2O/c1-9-25-15-23(14-24-16-28(19(2)3)31(33)29(17-24)20(4)5)18-30(21(6)7)32(25)34-22(8)26-10-12-27(35)13-11-26/h10-13,15-22,34-35H,9,14,33H2,1-8H3. The molecule has 188 valence electrons. The molecule has 3 rings (SSSR count). The summed E-state index contributed by atoms with van der Waals surface area (Å²) in [5.74, 6) is 1.50. The van der Waals surface area contributed by atoms with Crippen molar-refractivity contribution in [2.24, 2.45) is 0 Å². The van der Waals surface area contributed by atoms with E-state index in [2.05, 4.69) is 85.0 Å². The second kappa shape index (κ2) is 11.2. The molecule has 1 atom stereocenters. The summed E-state index contributed by atoms with van der Waals surface area (Å²) in [6.45, 7) is 17.8. The number of anilines is 2. The summed E-state index contributed by atoms with van der Waals surface area (Å²) in [6, 6.07) is 17.0. The first kappa shape index (κ1) is 26.7. The predicted octanol–water partition coefficient (Wildman–Crippen LogP) is 8.67. The maximum absolute atomic E-state index is 9.66. The maximum Gasteiger partial charge on any atom is 0.115 e. The number of phenolic OH excluding ortho intramolecular Hbond substituents is 1. The average molecular weight is 473 g/mol. The van der Waals surface area contributed by atoms with Gasteiger partial charge in [-0.3, -0.25) is 0 Å². The van der Waals surface area contributed by atoms with Gasteiger partial charge in [0.05, 0.1) is 0 Å². The molecule has 0 aliphatic heterocycles. The second-order valence-corrected chi connectivity index (χ2v) is 10.9. The van der Waals surface area contributed by atoms with Crippen LogP contribution in [-0.2, 0) is 12.8 Å². The van der Waals surface area contributed by atoms with Gasteiger partial charge >= 0.3 is 0 Å². The van der Waals surface area contributed by atoms with E-state index in [0.29, 0.717) is 23.5 Å². The minimum Gasteiger partial charge on any atom is -0.508 e. The van der Waals surface area contributed by atoms with E-state index >= 15 is 0 Å². The highest BCUT2D eigenvalue weighted by Crippen LogP contribution is 2.36. The number of nitrogen functional groups attached to an aromatic ring is 1. The van der Waals surface area contributed by atoms with Crippen molar-refractivity contribution >= 4 is 11.4 Å². The fraction of sp³-hybridized carbons (Fsp3) is 0.438. The van der Waals surface area contributed by atoms with Crippen LogP contribution in [0.4, 0.5) is 11.4 Å². The highest BCUT2D eigenvalue weighted by atomic mass is 16.3. The Bertz CT molecular complexity index is 1110. The van der Waals surface area contributed by atoms with E-state index in [0.717, 1.165) is 24.1 Å². The predicted molar refractivity (Wildman–Crippen MR) is 152 cm³/mol. The molecule has 3 aromatic rings. The van der Waals surface area contributed by atoms with Crippen molar-refractivity contribution in [3.8, 4) is 5.75 Å². The topological polar surface area (TPSA) is 58.3 Å². The van der Waals surface area contributed by atoms with Crippen LogP contribution in [0.25, 0.3) is 0 Å². The van der Waals surface area contributed by atoms with Crippen LogP contribution in [0.3, 0.4) is 0 Å². The zero-order chi connectivity index (χ0) is 25.9. The molecule has 0 bridgehead atoms. The Morgan fingerprint density at radius 1 is 0.743 bits per heavy atom. The van der Waals surface area contributed by atoms with Gasteiger partial charge in [0.1, 0.15) is 5.75 Å². The van der Waals surface area contributed by atoms with Gasteiger partial charge in [-0.2, -0.15) is 0 Å². The molecule has 1 unspecified atom stereocenters. The van der Waals surface area contributed by atoms with E-state index in [1.54, 1.807) is 12.1 Å². The molecule has 0 aliphatic carbocycles. The second-order valence-electron chi connectivity index (χ2n) is 10.9. The van der Waals surface area contributed by atoms with Crippen LogP contribution in [0.1, 0.15) is 118 Å². The van der Waals surface area contributed by atoms with Crippen LogP contribution in [0, 0.1) is 0 Å². The highest BCUT2D eigenvalue weighted by molar-refractivity contribution is 5.63. The summed E-state index contributed by atoms with van der Waals surface area (Å²) < 4.78 is 0. The number of hydrogen-bond donors (Lipinski definition) is 3. The number of aryl methyl sites for hydroxylation is 1. The van der Waals surface area contributed by atoms with Gasteiger partial charge in [-0.05, 0) is 88.6 Å². The van der Waals surface area contributed by atoms with Gasteiger partial charge in [-0.15, -0.1) is 0 Å². The van der Waals surface area contributed by atoms with Crippen LogP contribution in [0.5, 0.6) is 5.75 Å². The van der Waals surface area contributed by atoms with E-state index in [4.69, 9.17) is 5.73 Å². The molecule has 0 heterocycles. The lowest BCUT2D eigenvalue weighted by Crippen LogP contribution is -2.12. The molecule has 35 heavy (non-hydrogen) atoms. The Balaban J connectivity index is 2.01.